The summed E-state index contributed by atoms with van der Waals surface area (Å²) in [5, 5.41) is 3.67. The summed E-state index contributed by atoms with van der Waals surface area (Å²) in [4.78, 5) is 15.0. The van der Waals surface area contributed by atoms with Gasteiger partial charge in [0.15, 0.2) is 0 Å². The zero-order valence-corrected chi connectivity index (χ0v) is 12.7. The van der Waals surface area contributed by atoms with Crippen LogP contribution in [0.2, 0.25) is 0 Å². The first kappa shape index (κ1) is 14.3. The molecule has 0 spiro atoms. The van der Waals surface area contributed by atoms with E-state index in [-0.39, 0.29) is 5.97 Å². The summed E-state index contributed by atoms with van der Waals surface area (Å²) in [6.07, 6.45) is 9.97. The first-order valence-corrected chi connectivity index (χ1v) is 8.33. The third-order valence-electron chi connectivity index (χ3n) is 5.03. The van der Waals surface area contributed by atoms with Gasteiger partial charge in [0, 0.05) is 12.6 Å². The Labute approximate surface area is 122 Å². The van der Waals surface area contributed by atoms with Crippen LogP contribution in [0, 0.1) is 5.92 Å². The minimum absolute atomic E-state index is 0.0313. The van der Waals surface area contributed by atoms with Gasteiger partial charge in [-0.15, -0.1) is 0 Å². The van der Waals surface area contributed by atoms with Crippen molar-refractivity contribution in [3.8, 4) is 0 Å². The smallest absolute Gasteiger partial charge is 0.327 e. The number of hydrogen-bond acceptors (Lipinski definition) is 4. The summed E-state index contributed by atoms with van der Waals surface area (Å²) >= 11 is 0. The molecular weight excluding hydrogens is 252 g/mol. The lowest BCUT2D eigenvalue weighted by atomic mass is 9.91. The van der Waals surface area contributed by atoms with Gasteiger partial charge in [-0.05, 0) is 57.5 Å². The van der Waals surface area contributed by atoms with Crippen molar-refractivity contribution in [2.45, 2.75) is 62.9 Å². The van der Waals surface area contributed by atoms with Crippen molar-refractivity contribution >= 4 is 5.97 Å². The molecule has 0 bridgehead atoms. The molecule has 1 unspecified atom stereocenters. The third kappa shape index (κ3) is 3.17. The summed E-state index contributed by atoms with van der Waals surface area (Å²) < 4.78 is 5.19. The summed E-state index contributed by atoms with van der Waals surface area (Å²) in [6.45, 7) is 3.12. The fraction of sp³-hybridized carbons (Fsp3) is 0.938. The predicted molar refractivity (Wildman–Crippen MR) is 78.5 cm³/mol. The van der Waals surface area contributed by atoms with E-state index in [0.29, 0.717) is 12.0 Å². The van der Waals surface area contributed by atoms with Crippen LogP contribution in [-0.2, 0) is 9.53 Å². The van der Waals surface area contributed by atoms with E-state index in [4.69, 9.17) is 4.74 Å². The maximum absolute atomic E-state index is 12.5. The summed E-state index contributed by atoms with van der Waals surface area (Å²) in [7, 11) is 1.54. The standard InChI is InChI=1S/C16H28N2O2/c1-20-15(19)16(13-6-7-13,17-14-8-9-14)12-18-10-4-2-3-5-11-18/h13-14,17H,2-12H2,1H3. The van der Waals surface area contributed by atoms with Gasteiger partial charge in [0.2, 0.25) is 0 Å². The summed E-state index contributed by atoms with van der Waals surface area (Å²) in [6, 6.07) is 0.543. The van der Waals surface area contributed by atoms with E-state index in [9.17, 15) is 4.79 Å². The number of carbonyl (C=O) groups is 1. The average Bonchev–Trinajstić information content (AvgIpc) is 3.32. The fourth-order valence-corrected chi connectivity index (χ4v) is 3.58. The van der Waals surface area contributed by atoms with Gasteiger partial charge in [0.1, 0.15) is 5.54 Å². The first-order chi connectivity index (χ1) is 9.74. The molecule has 0 aromatic carbocycles. The highest BCUT2D eigenvalue weighted by Gasteiger charge is 2.54. The molecule has 1 atom stereocenters. The minimum Gasteiger partial charge on any atom is -0.468 e. The Morgan fingerprint density at radius 1 is 1.15 bits per heavy atom. The van der Waals surface area contributed by atoms with E-state index in [2.05, 4.69) is 10.2 Å². The SMILES string of the molecule is COC(=O)C(CN1CCCCCC1)(NC1CC1)C1CC1. The van der Waals surface area contributed by atoms with Crippen molar-refractivity contribution in [2.24, 2.45) is 5.92 Å². The maximum Gasteiger partial charge on any atom is 0.327 e. The van der Waals surface area contributed by atoms with Gasteiger partial charge in [-0.1, -0.05) is 12.8 Å². The molecule has 3 rings (SSSR count). The topological polar surface area (TPSA) is 41.6 Å². The van der Waals surface area contributed by atoms with Gasteiger partial charge in [0.05, 0.1) is 7.11 Å². The van der Waals surface area contributed by atoms with Crippen molar-refractivity contribution in [2.75, 3.05) is 26.7 Å². The van der Waals surface area contributed by atoms with E-state index in [0.717, 1.165) is 19.6 Å². The Hall–Kier alpha value is -0.610. The number of nitrogens with zero attached hydrogens (tertiary/aromatic N) is 1. The second kappa shape index (κ2) is 6.02. The highest BCUT2D eigenvalue weighted by Crippen LogP contribution is 2.43. The van der Waals surface area contributed by atoms with Crippen molar-refractivity contribution in [1.82, 2.24) is 10.2 Å². The van der Waals surface area contributed by atoms with Gasteiger partial charge < -0.3 is 9.64 Å². The lowest BCUT2D eigenvalue weighted by molar-refractivity contribution is -0.151. The van der Waals surface area contributed by atoms with Gasteiger partial charge in [-0.2, -0.15) is 0 Å². The lowest BCUT2D eigenvalue weighted by Crippen LogP contribution is -2.62. The largest absolute Gasteiger partial charge is 0.468 e. The quantitative estimate of drug-likeness (QED) is 0.755. The number of methoxy groups -OCH3 is 1. The summed E-state index contributed by atoms with van der Waals surface area (Å²) in [5.41, 5.74) is -0.430. The van der Waals surface area contributed by atoms with Crippen molar-refractivity contribution in [1.29, 1.82) is 0 Å². The van der Waals surface area contributed by atoms with Crippen LogP contribution < -0.4 is 5.32 Å². The molecule has 0 aromatic rings. The molecule has 1 saturated heterocycles. The molecule has 4 nitrogen and oxygen atoms in total. The molecule has 2 aliphatic carbocycles. The summed E-state index contributed by atoms with van der Waals surface area (Å²) in [5.74, 6) is 0.454. The maximum atomic E-state index is 12.5. The third-order valence-corrected chi connectivity index (χ3v) is 5.03. The second-order valence-corrected chi connectivity index (χ2v) is 6.85. The highest BCUT2D eigenvalue weighted by molar-refractivity contribution is 5.82. The Balaban J connectivity index is 1.73. The number of hydrogen-bond donors (Lipinski definition) is 1. The molecule has 114 valence electrons. The molecule has 1 aliphatic heterocycles. The molecule has 3 fully saturated rings. The number of carbonyl (C=O) groups excluding carboxylic acids is 1. The molecule has 4 heteroatoms. The second-order valence-electron chi connectivity index (χ2n) is 6.85. The lowest BCUT2D eigenvalue weighted by Gasteiger charge is -2.37. The Bertz CT molecular complexity index is 344. The van der Waals surface area contributed by atoms with Gasteiger partial charge >= 0.3 is 5.97 Å². The fourth-order valence-electron chi connectivity index (χ4n) is 3.58. The van der Waals surface area contributed by atoms with Crippen molar-refractivity contribution < 1.29 is 9.53 Å². The van der Waals surface area contributed by atoms with E-state index in [1.165, 1.54) is 58.5 Å². The van der Waals surface area contributed by atoms with Crippen molar-refractivity contribution in [3.63, 3.8) is 0 Å². The van der Waals surface area contributed by atoms with Crippen LogP contribution >= 0.6 is 0 Å². The Kier molecular flexibility index (Phi) is 4.32. The van der Waals surface area contributed by atoms with Crippen LogP contribution in [0.4, 0.5) is 0 Å². The number of nitrogens with one attached hydrogen (secondary N) is 1. The molecule has 1 N–H and O–H groups in total. The molecule has 20 heavy (non-hydrogen) atoms. The van der Waals surface area contributed by atoms with Crippen molar-refractivity contribution in [3.05, 3.63) is 0 Å². The average molecular weight is 280 g/mol. The highest BCUT2D eigenvalue weighted by atomic mass is 16.5. The number of esters is 1. The van der Waals surface area contributed by atoms with Crippen LogP contribution in [0.3, 0.4) is 0 Å². The predicted octanol–water partition coefficient (Wildman–Crippen LogP) is 1.94. The van der Waals surface area contributed by atoms with Gasteiger partial charge in [-0.25, -0.2) is 4.79 Å². The molecule has 0 aromatic heterocycles. The molecule has 1 heterocycles. The van der Waals surface area contributed by atoms with E-state index in [1.54, 1.807) is 0 Å². The molecular formula is C16H28N2O2. The van der Waals surface area contributed by atoms with Crippen LogP contribution in [-0.4, -0.2) is 49.2 Å². The number of likely N-dealkylation sites (tertiary alicyclic amines) is 1. The van der Waals surface area contributed by atoms with Crippen LogP contribution in [0.15, 0.2) is 0 Å². The monoisotopic (exact) mass is 280 g/mol. The van der Waals surface area contributed by atoms with Gasteiger partial charge in [-0.3, -0.25) is 5.32 Å². The zero-order valence-electron chi connectivity index (χ0n) is 12.7. The first-order valence-electron chi connectivity index (χ1n) is 8.33. The number of rotatable bonds is 6. The molecule has 0 radical (unpaired) electrons. The Morgan fingerprint density at radius 3 is 2.30 bits per heavy atom. The van der Waals surface area contributed by atoms with E-state index in [1.807, 2.05) is 0 Å². The van der Waals surface area contributed by atoms with E-state index >= 15 is 0 Å². The molecule has 0 amide bonds. The van der Waals surface area contributed by atoms with Gasteiger partial charge in [0.25, 0.3) is 0 Å². The number of ether oxygens (including phenoxy) is 1. The van der Waals surface area contributed by atoms with Crippen LogP contribution in [0.25, 0.3) is 0 Å². The minimum atomic E-state index is -0.430. The van der Waals surface area contributed by atoms with E-state index < -0.39 is 5.54 Å². The zero-order chi connectivity index (χ0) is 14.0. The Morgan fingerprint density at radius 2 is 1.80 bits per heavy atom. The normalized spacial score (nSPS) is 27.6. The van der Waals surface area contributed by atoms with Crippen LogP contribution in [0.5, 0.6) is 0 Å². The van der Waals surface area contributed by atoms with Crippen LogP contribution in [0.1, 0.15) is 51.4 Å². The molecule has 3 aliphatic rings. The molecule has 2 saturated carbocycles.